The van der Waals surface area contributed by atoms with Crippen LogP contribution in [-0.4, -0.2) is 5.11 Å². The van der Waals surface area contributed by atoms with E-state index in [-0.39, 0.29) is 11.5 Å². The lowest BCUT2D eigenvalue weighted by Crippen LogP contribution is -2.37. The molecule has 0 aliphatic heterocycles. The van der Waals surface area contributed by atoms with Gasteiger partial charge in [0.05, 0.1) is 6.10 Å². The smallest absolute Gasteiger partial charge is 0.0825 e. The van der Waals surface area contributed by atoms with E-state index < -0.39 is 0 Å². The third-order valence-corrected chi connectivity index (χ3v) is 4.48. The Balaban J connectivity index is 2.25. The Hall–Kier alpha value is -0.820. The van der Waals surface area contributed by atoms with Gasteiger partial charge in [0.2, 0.25) is 0 Å². The van der Waals surface area contributed by atoms with Crippen molar-refractivity contribution in [1.29, 1.82) is 0 Å². The van der Waals surface area contributed by atoms with E-state index in [1.807, 2.05) is 30.3 Å². The van der Waals surface area contributed by atoms with Crippen molar-refractivity contribution < 1.29 is 5.11 Å². The van der Waals surface area contributed by atoms with Crippen molar-refractivity contribution in [3.8, 4) is 0 Å². The average Bonchev–Trinajstić information content (AvgIpc) is 2.28. The van der Waals surface area contributed by atoms with Crippen LogP contribution in [-0.2, 0) is 0 Å². The first-order chi connectivity index (χ1) is 8.02. The zero-order valence-electron chi connectivity index (χ0n) is 11.2. The molecule has 0 radical (unpaired) electrons. The molecule has 17 heavy (non-hydrogen) atoms. The molecule has 1 aromatic carbocycles. The van der Waals surface area contributed by atoms with Crippen molar-refractivity contribution in [3.05, 3.63) is 35.9 Å². The average molecular weight is 232 g/mol. The van der Waals surface area contributed by atoms with Gasteiger partial charge >= 0.3 is 0 Å². The largest absolute Gasteiger partial charge is 0.388 e. The highest BCUT2D eigenvalue weighted by Crippen LogP contribution is 2.49. The second-order valence-corrected chi connectivity index (χ2v) is 6.24. The summed E-state index contributed by atoms with van der Waals surface area (Å²) in [6.45, 7) is 6.90. The Morgan fingerprint density at radius 1 is 1.24 bits per heavy atom. The van der Waals surface area contributed by atoms with Gasteiger partial charge in [-0.2, -0.15) is 0 Å². The summed E-state index contributed by atoms with van der Waals surface area (Å²) >= 11 is 0. The highest BCUT2D eigenvalue weighted by atomic mass is 16.3. The van der Waals surface area contributed by atoms with Gasteiger partial charge in [-0.05, 0) is 29.2 Å². The van der Waals surface area contributed by atoms with Crippen molar-refractivity contribution in [1.82, 2.24) is 0 Å². The van der Waals surface area contributed by atoms with Crippen LogP contribution in [0.4, 0.5) is 0 Å². The summed E-state index contributed by atoms with van der Waals surface area (Å²) in [6.07, 6.45) is 3.46. The Kier molecular flexibility index (Phi) is 3.58. The van der Waals surface area contributed by atoms with Gasteiger partial charge in [0, 0.05) is 0 Å². The van der Waals surface area contributed by atoms with Crippen LogP contribution in [0.1, 0.15) is 51.7 Å². The van der Waals surface area contributed by atoms with Crippen molar-refractivity contribution in [2.45, 2.75) is 46.1 Å². The van der Waals surface area contributed by atoms with Gasteiger partial charge in [-0.3, -0.25) is 0 Å². The Bertz CT molecular complexity index is 355. The molecule has 1 aromatic rings. The van der Waals surface area contributed by atoms with Crippen molar-refractivity contribution in [3.63, 3.8) is 0 Å². The first-order valence-corrected chi connectivity index (χ1v) is 6.75. The maximum atomic E-state index is 10.7. The normalized spacial score (nSPS) is 29.9. The van der Waals surface area contributed by atoms with Gasteiger partial charge in [-0.25, -0.2) is 0 Å². The van der Waals surface area contributed by atoms with Gasteiger partial charge in [-0.1, -0.05) is 63.9 Å². The van der Waals surface area contributed by atoms with Gasteiger partial charge in [0.15, 0.2) is 0 Å². The molecule has 0 bridgehead atoms. The molecule has 0 spiro atoms. The molecule has 1 saturated carbocycles. The third kappa shape index (κ3) is 2.55. The fourth-order valence-electron chi connectivity index (χ4n) is 3.59. The summed E-state index contributed by atoms with van der Waals surface area (Å²) < 4.78 is 0. The zero-order valence-corrected chi connectivity index (χ0v) is 11.2. The molecule has 0 unspecified atom stereocenters. The molecule has 1 fully saturated rings. The van der Waals surface area contributed by atoms with Gasteiger partial charge < -0.3 is 5.11 Å². The molecular weight excluding hydrogens is 208 g/mol. The Morgan fingerprint density at radius 2 is 1.88 bits per heavy atom. The van der Waals surface area contributed by atoms with Gasteiger partial charge in [-0.15, -0.1) is 0 Å². The lowest BCUT2D eigenvalue weighted by molar-refractivity contribution is -0.0292. The first-order valence-electron chi connectivity index (χ1n) is 6.75. The number of hydrogen-bond acceptors (Lipinski definition) is 1. The van der Waals surface area contributed by atoms with Gasteiger partial charge in [0.1, 0.15) is 0 Å². The quantitative estimate of drug-likeness (QED) is 0.811. The Morgan fingerprint density at radius 3 is 2.47 bits per heavy atom. The third-order valence-electron chi connectivity index (χ3n) is 4.48. The molecule has 94 valence electrons. The number of aliphatic hydroxyl groups is 1. The van der Waals surface area contributed by atoms with Crippen LogP contribution in [0.2, 0.25) is 0 Å². The predicted molar refractivity (Wildman–Crippen MR) is 71.7 cm³/mol. The van der Waals surface area contributed by atoms with Crippen molar-refractivity contribution >= 4 is 0 Å². The Labute approximate surface area is 105 Å². The summed E-state index contributed by atoms with van der Waals surface area (Å²) in [6, 6.07) is 10.1. The SMILES string of the molecule is C[C@H]1CCCC(C)(C)[C@@H]1[C@@H](O)c1ccccc1. The van der Waals surface area contributed by atoms with Crippen LogP contribution in [0.15, 0.2) is 30.3 Å². The minimum absolute atomic E-state index is 0.243. The van der Waals surface area contributed by atoms with Crippen LogP contribution in [0.3, 0.4) is 0 Å². The summed E-state index contributed by atoms with van der Waals surface area (Å²) in [5.41, 5.74) is 1.31. The molecule has 2 rings (SSSR count). The molecule has 0 amide bonds. The molecule has 1 aliphatic rings. The van der Waals surface area contributed by atoms with Crippen LogP contribution in [0.25, 0.3) is 0 Å². The maximum Gasteiger partial charge on any atom is 0.0825 e. The number of benzene rings is 1. The summed E-state index contributed by atoms with van der Waals surface area (Å²) in [5, 5.41) is 10.7. The van der Waals surface area contributed by atoms with E-state index in [9.17, 15) is 5.11 Å². The van der Waals surface area contributed by atoms with Gasteiger partial charge in [0.25, 0.3) is 0 Å². The monoisotopic (exact) mass is 232 g/mol. The van der Waals surface area contributed by atoms with E-state index in [4.69, 9.17) is 0 Å². The molecule has 0 saturated heterocycles. The first kappa shape index (κ1) is 12.6. The van der Waals surface area contributed by atoms with E-state index >= 15 is 0 Å². The molecule has 1 nitrogen and oxygen atoms in total. The van der Waals surface area contributed by atoms with E-state index in [0.29, 0.717) is 11.8 Å². The van der Waals surface area contributed by atoms with E-state index in [1.165, 1.54) is 19.3 Å². The van der Waals surface area contributed by atoms with Crippen LogP contribution >= 0.6 is 0 Å². The highest BCUT2D eigenvalue weighted by Gasteiger charge is 2.41. The van der Waals surface area contributed by atoms with Crippen LogP contribution in [0, 0.1) is 17.3 Å². The summed E-state index contributed by atoms with van der Waals surface area (Å²) in [7, 11) is 0. The minimum Gasteiger partial charge on any atom is -0.388 e. The molecule has 1 heteroatoms. The molecule has 0 aromatic heterocycles. The second-order valence-electron chi connectivity index (χ2n) is 6.24. The lowest BCUT2D eigenvalue weighted by atomic mass is 9.61. The fourth-order valence-corrected chi connectivity index (χ4v) is 3.59. The molecule has 3 atom stereocenters. The maximum absolute atomic E-state index is 10.7. The van der Waals surface area contributed by atoms with Crippen molar-refractivity contribution in [2.75, 3.05) is 0 Å². The molecule has 1 N–H and O–H groups in total. The topological polar surface area (TPSA) is 20.2 Å². The van der Waals surface area contributed by atoms with E-state index in [0.717, 1.165) is 5.56 Å². The standard InChI is InChI=1S/C16H24O/c1-12-8-7-11-16(2,3)14(12)15(17)13-9-5-4-6-10-13/h4-6,9-10,12,14-15,17H,7-8,11H2,1-3H3/t12-,14-,15-/m0/s1. The van der Waals surface area contributed by atoms with Crippen LogP contribution in [0.5, 0.6) is 0 Å². The highest BCUT2D eigenvalue weighted by molar-refractivity contribution is 5.19. The van der Waals surface area contributed by atoms with Crippen LogP contribution < -0.4 is 0 Å². The zero-order chi connectivity index (χ0) is 12.5. The second kappa shape index (κ2) is 4.81. The number of hydrogen-bond donors (Lipinski definition) is 1. The minimum atomic E-state index is -0.318. The summed E-state index contributed by atoms with van der Waals surface area (Å²) in [4.78, 5) is 0. The van der Waals surface area contributed by atoms with E-state index in [2.05, 4.69) is 20.8 Å². The number of aliphatic hydroxyl groups excluding tert-OH is 1. The molecular formula is C16H24O. The van der Waals surface area contributed by atoms with E-state index in [1.54, 1.807) is 0 Å². The fraction of sp³-hybridized carbons (Fsp3) is 0.625. The number of rotatable bonds is 2. The lowest BCUT2D eigenvalue weighted by Gasteiger charge is -2.45. The summed E-state index contributed by atoms with van der Waals surface area (Å²) in [5.74, 6) is 0.979. The molecule has 0 heterocycles. The van der Waals surface area contributed by atoms with Crippen molar-refractivity contribution in [2.24, 2.45) is 17.3 Å². The molecule has 1 aliphatic carbocycles. The predicted octanol–water partition coefficient (Wildman–Crippen LogP) is 4.18.